The summed E-state index contributed by atoms with van der Waals surface area (Å²) in [6.45, 7) is 5.64. The Bertz CT molecular complexity index is 888. The van der Waals surface area contributed by atoms with Gasteiger partial charge in [0.1, 0.15) is 17.6 Å². The summed E-state index contributed by atoms with van der Waals surface area (Å²) in [5.74, 6) is 1.52. The van der Waals surface area contributed by atoms with Crippen LogP contribution < -0.4 is 9.47 Å². The lowest BCUT2D eigenvalue weighted by Crippen LogP contribution is -2.30. The van der Waals surface area contributed by atoms with E-state index in [0.29, 0.717) is 18.9 Å². The van der Waals surface area contributed by atoms with Crippen molar-refractivity contribution < 1.29 is 23.4 Å². The number of alkyl halides is 1. The number of carbonyl (C=O) groups excluding carboxylic acids is 1. The molecular weight excluding hydrogens is 467 g/mol. The Morgan fingerprint density at radius 1 is 0.784 bits per heavy atom. The summed E-state index contributed by atoms with van der Waals surface area (Å²) in [4.78, 5) is 11.9. The summed E-state index contributed by atoms with van der Waals surface area (Å²) >= 11 is 0. The third kappa shape index (κ3) is 10.4. The van der Waals surface area contributed by atoms with Gasteiger partial charge in [0.05, 0.1) is 13.2 Å². The molecule has 1 aliphatic rings. The van der Waals surface area contributed by atoms with Crippen LogP contribution in [-0.2, 0) is 9.53 Å². The lowest BCUT2D eigenvalue weighted by atomic mass is 9.88. The second-order valence-corrected chi connectivity index (χ2v) is 10.3. The van der Waals surface area contributed by atoms with Crippen LogP contribution in [0.2, 0.25) is 0 Å². The van der Waals surface area contributed by atoms with Crippen LogP contribution in [0.3, 0.4) is 0 Å². The van der Waals surface area contributed by atoms with Gasteiger partial charge in [-0.25, -0.2) is 9.18 Å². The maximum Gasteiger partial charge on any atom is 0.340 e. The summed E-state index contributed by atoms with van der Waals surface area (Å²) in [6.07, 6.45) is 9.80. The lowest BCUT2D eigenvalue weighted by molar-refractivity contribution is -0.157. The molecule has 0 radical (unpaired) electrons. The quantitative estimate of drug-likeness (QED) is 0.167. The normalized spacial score (nSPS) is 18.2. The first kappa shape index (κ1) is 29.0. The van der Waals surface area contributed by atoms with Gasteiger partial charge < -0.3 is 14.2 Å². The fraction of sp³-hybridized carbons (Fsp3) is 0.594. The summed E-state index contributed by atoms with van der Waals surface area (Å²) in [7, 11) is 0. The second kappa shape index (κ2) is 16.3. The van der Waals surface area contributed by atoms with E-state index >= 15 is 0 Å². The van der Waals surface area contributed by atoms with Gasteiger partial charge in [-0.05, 0) is 79.8 Å². The zero-order valence-corrected chi connectivity index (χ0v) is 22.8. The van der Waals surface area contributed by atoms with E-state index in [9.17, 15) is 9.18 Å². The smallest absolute Gasteiger partial charge is 0.340 e. The molecule has 1 saturated carbocycles. The number of rotatable bonds is 16. The van der Waals surface area contributed by atoms with Crippen LogP contribution in [0.25, 0.3) is 11.1 Å². The predicted molar refractivity (Wildman–Crippen MR) is 148 cm³/mol. The van der Waals surface area contributed by atoms with E-state index in [4.69, 9.17) is 14.2 Å². The molecule has 0 heterocycles. The minimum absolute atomic E-state index is 0.162. The molecule has 1 fully saturated rings. The zero-order valence-electron chi connectivity index (χ0n) is 22.8. The Balaban J connectivity index is 1.35. The Hall–Kier alpha value is -2.56. The summed E-state index contributed by atoms with van der Waals surface area (Å²) < 4.78 is 31.2. The van der Waals surface area contributed by atoms with Crippen LogP contribution in [0.5, 0.6) is 11.5 Å². The Morgan fingerprint density at radius 3 is 1.95 bits per heavy atom. The van der Waals surface area contributed by atoms with Crippen molar-refractivity contribution in [1.82, 2.24) is 0 Å². The fourth-order valence-corrected chi connectivity index (χ4v) is 4.75. The first-order chi connectivity index (χ1) is 18.1. The molecule has 4 nitrogen and oxygen atoms in total. The van der Waals surface area contributed by atoms with E-state index in [2.05, 4.69) is 31.2 Å². The van der Waals surface area contributed by atoms with Crippen molar-refractivity contribution >= 4 is 5.97 Å². The second-order valence-electron chi connectivity index (χ2n) is 10.3. The number of hydrogen-bond acceptors (Lipinski definition) is 4. The van der Waals surface area contributed by atoms with Crippen LogP contribution in [0.15, 0.2) is 48.5 Å². The Morgan fingerprint density at radius 2 is 1.35 bits per heavy atom. The molecule has 0 aromatic heterocycles. The van der Waals surface area contributed by atoms with Crippen molar-refractivity contribution in [2.45, 2.75) is 103 Å². The Kier molecular flexibility index (Phi) is 12.8. The maximum absolute atomic E-state index is 13.9. The van der Waals surface area contributed by atoms with Gasteiger partial charge in [-0.1, -0.05) is 76.6 Å². The average molecular weight is 513 g/mol. The summed E-state index contributed by atoms with van der Waals surface area (Å²) in [5.41, 5.74) is 2.30. The molecular formula is C32H45FO4. The van der Waals surface area contributed by atoms with E-state index in [-0.39, 0.29) is 12.5 Å². The number of benzene rings is 2. The van der Waals surface area contributed by atoms with Crippen LogP contribution in [-0.4, -0.2) is 31.5 Å². The minimum Gasteiger partial charge on any atom is -0.494 e. The molecule has 5 heteroatoms. The highest BCUT2D eigenvalue weighted by molar-refractivity contribution is 5.74. The topological polar surface area (TPSA) is 44.8 Å². The van der Waals surface area contributed by atoms with E-state index < -0.39 is 12.1 Å². The number of carbonyl (C=O) groups is 1. The molecule has 2 aromatic carbocycles. The van der Waals surface area contributed by atoms with Gasteiger partial charge in [0.25, 0.3) is 0 Å². The fourth-order valence-electron chi connectivity index (χ4n) is 4.75. The van der Waals surface area contributed by atoms with Gasteiger partial charge in [0.2, 0.25) is 0 Å². The predicted octanol–water partition coefficient (Wildman–Crippen LogP) is 8.71. The third-order valence-electron chi connectivity index (χ3n) is 7.19. The summed E-state index contributed by atoms with van der Waals surface area (Å²) in [5, 5.41) is 0. The molecule has 1 atom stereocenters. The van der Waals surface area contributed by atoms with Crippen molar-refractivity contribution in [3.63, 3.8) is 0 Å². The Labute approximate surface area is 222 Å². The van der Waals surface area contributed by atoms with Crippen molar-refractivity contribution in [2.75, 3.05) is 13.2 Å². The first-order valence-electron chi connectivity index (χ1n) is 14.4. The first-order valence-corrected chi connectivity index (χ1v) is 14.4. The molecule has 3 rings (SSSR count). The van der Waals surface area contributed by atoms with E-state index in [0.717, 1.165) is 67.8 Å². The molecule has 37 heavy (non-hydrogen) atoms. The number of hydrogen-bond donors (Lipinski definition) is 0. The van der Waals surface area contributed by atoms with Gasteiger partial charge in [-0.15, -0.1) is 0 Å². The molecule has 1 aliphatic carbocycles. The largest absolute Gasteiger partial charge is 0.494 e. The molecule has 0 N–H and O–H groups in total. The van der Waals surface area contributed by atoms with E-state index in [1.54, 1.807) is 0 Å². The number of halogens is 1. The van der Waals surface area contributed by atoms with Crippen LogP contribution in [0, 0.1) is 5.92 Å². The van der Waals surface area contributed by atoms with Crippen molar-refractivity contribution in [2.24, 2.45) is 5.92 Å². The average Bonchev–Trinajstić information content (AvgIpc) is 2.94. The highest BCUT2D eigenvalue weighted by atomic mass is 19.1. The lowest BCUT2D eigenvalue weighted by Gasteiger charge is -2.28. The summed E-state index contributed by atoms with van der Waals surface area (Å²) in [6, 6.07) is 16.5. The molecule has 0 aliphatic heterocycles. The van der Waals surface area contributed by atoms with E-state index in [1.165, 1.54) is 25.7 Å². The van der Waals surface area contributed by atoms with Gasteiger partial charge in [0, 0.05) is 0 Å². The van der Waals surface area contributed by atoms with Crippen molar-refractivity contribution in [1.29, 1.82) is 0 Å². The van der Waals surface area contributed by atoms with Crippen molar-refractivity contribution in [3.8, 4) is 22.6 Å². The molecule has 0 bridgehead atoms. The standard InChI is InChI=1S/C32H45FO4/c1-3-5-7-8-9-23-35-28-19-13-26(14-20-28)27-15-21-29(22-16-27)36-24-25-11-17-30(18-12-25)37-32(34)31(33)10-6-4-2/h13-16,19-22,25,30-31H,3-12,17-18,23-24H2,1-2H3/t25-,30-,31-/m0/s1. The van der Waals surface area contributed by atoms with Crippen LogP contribution >= 0.6 is 0 Å². The molecule has 0 unspecified atom stereocenters. The molecule has 0 saturated heterocycles. The monoisotopic (exact) mass is 512 g/mol. The maximum atomic E-state index is 13.9. The van der Waals surface area contributed by atoms with Gasteiger partial charge in [-0.3, -0.25) is 0 Å². The molecule has 0 amide bonds. The van der Waals surface area contributed by atoms with Gasteiger partial charge in [0.15, 0.2) is 6.17 Å². The van der Waals surface area contributed by atoms with Gasteiger partial charge in [-0.2, -0.15) is 0 Å². The van der Waals surface area contributed by atoms with Gasteiger partial charge >= 0.3 is 5.97 Å². The van der Waals surface area contributed by atoms with Crippen LogP contribution in [0.1, 0.15) is 90.9 Å². The minimum atomic E-state index is -1.49. The molecule has 0 spiro atoms. The SMILES string of the molecule is CCCCCCCOc1ccc(-c2ccc(OC[C@H]3CC[C@H](OC(=O)[C@@H](F)CCCC)CC3)cc2)cc1. The highest BCUT2D eigenvalue weighted by Crippen LogP contribution is 2.29. The number of esters is 1. The zero-order chi connectivity index (χ0) is 26.3. The molecule has 204 valence electrons. The van der Waals surface area contributed by atoms with Crippen LogP contribution in [0.4, 0.5) is 4.39 Å². The third-order valence-corrected chi connectivity index (χ3v) is 7.19. The highest BCUT2D eigenvalue weighted by Gasteiger charge is 2.27. The van der Waals surface area contributed by atoms with Crippen molar-refractivity contribution in [3.05, 3.63) is 48.5 Å². The van der Waals surface area contributed by atoms with E-state index in [1.807, 2.05) is 31.2 Å². The number of unbranched alkanes of at least 4 members (excludes halogenated alkanes) is 5. The molecule has 2 aromatic rings. The number of ether oxygens (including phenoxy) is 3.